The standard InChI is InChI=1S/C17H13ClN4OS/c1-23-13-8-6-11(7-9-13)16-19-20-17-22(16)21-15(24-17)10-12-4-2-3-5-14(12)18/h2-9H,10H2,1H3. The Morgan fingerprint density at radius 3 is 2.62 bits per heavy atom. The molecule has 5 nitrogen and oxygen atoms in total. The molecule has 2 heterocycles. The van der Waals surface area contributed by atoms with E-state index in [4.69, 9.17) is 16.3 Å². The fourth-order valence-electron chi connectivity index (χ4n) is 2.45. The SMILES string of the molecule is COc1ccc(-c2nnc3sc(Cc4ccccc4Cl)nn23)cc1. The molecule has 24 heavy (non-hydrogen) atoms. The highest BCUT2D eigenvalue weighted by Crippen LogP contribution is 2.26. The van der Waals surface area contributed by atoms with Crippen LogP contribution in [0.3, 0.4) is 0 Å². The van der Waals surface area contributed by atoms with E-state index in [0.717, 1.165) is 31.9 Å². The molecule has 2 aromatic carbocycles. The molecule has 0 aliphatic carbocycles. The van der Waals surface area contributed by atoms with Crippen molar-refractivity contribution < 1.29 is 4.74 Å². The van der Waals surface area contributed by atoms with Crippen LogP contribution in [0.1, 0.15) is 10.6 Å². The van der Waals surface area contributed by atoms with Gasteiger partial charge in [0.05, 0.1) is 7.11 Å². The molecule has 0 saturated carbocycles. The van der Waals surface area contributed by atoms with E-state index in [-0.39, 0.29) is 0 Å². The summed E-state index contributed by atoms with van der Waals surface area (Å²) < 4.78 is 6.96. The van der Waals surface area contributed by atoms with E-state index in [0.29, 0.717) is 12.2 Å². The number of methoxy groups -OCH3 is 1. The zero-order valence-corrected chi connectivity index (χ0v) is 14.4. The lowest BCUT2D eigenvalue weighted by Gasteiger charge is -2.01. The minimum atomic E-state index is 0.676. The van der Waals surface area contributed by atoms with Gasteiger partial charge in [-0.05, 0) is 35.9 Å². The number of ether oxygens (including phenoxy) is 1. The van der Waals surface area contributed by atoms with Gasteiger partial charge in [0.25, 0.3) is 0 Å². The first-order valence-electron chi connectivity index (χ1n) is 7.33. The van der Waals surface area contributed by atoms with E-state index >= 15 is 0 Å². The molecule has 4 rings (SSSR count). The molecule has 120 valence electrons. The summed E-state index contributed by atoms with van der Waals surface area (Å²) in [6.07, 6.45) is 0.676. The fraction of sp³-hybridized carbons (Fsp3) is 0.118. The molecular formula is C17H13ClN4OS. The highest BCUT2D eigenvalue weighted by molar-refractivity contribution is 7.16. The number of benzene rings is 2. The maximum absolute atomic E-state index is 6.23. The van der Waals surface area contributed by atoms with Crippen molar-refractivity contribution in [3.05, 3.63) is 64.1 Å². The summed E-state index contributed by atoms with van der Waals surface area (Å²) in [4.78, 5) is 0.767. The molecule has 0 saturated heterocycles. The molecule has 0 radical (unpaired) electrons. The average Bonchev–Trinajstić information content (AvgIpc) is 3.17. The van der Waals surface area contributed by atoms with E-state index in [1.54, 1.807) is 11.6 Å². The third-order valence-corrected chi connectivity index (χ3v) is 4.95. The number of fused-ring (bicyclic) bond motifs is 1. The minimum absolute atomic E-state index is 0.676. The first-order chi connectivity index (χ1) is 11.7. The summed E-state index contributed by atoms with van der Waals surface area (Å²) in [5, 5.41) is 14.8. The van der Waals surface area contributed by atoms with Crippen LogP contribution in [0.2, 0.25) is 5.02 Å². The number of hydrogen-bond acceptors (Lipinski definition) is 5. The third kappa shape index (κ3) is 2.74. The maximum atomic E-state index is 6.23. The number of halogens is 1. The monoisotopic (exact) mass is 356 g/mol. The van der Waals surface area contributed by atoms with Crippen LogP contribution in [0.5, 0.6) is 5.75 Å². The second-order valence-electron chi connectivity index (χ2n) is 5.21. The van der Waals surface area contributed by atoms with Gasteiger partial charge in [-0.1, -0.05) is 41.1 Å². The van der Waals surface area contributed by atoms with E-state index < -0.39 is 0 Å². The second kappa shape index (κ2) is 6.22. The predicted octanol–water partition coefficient (Wildman–Crippen LogP) is 4.11. The quantitative estimate of drug-likeness (QED) is 0.552. The van der Waals surface area contributed by atoms with Gasteiger partial charge in [-0.2, -0.15) is 9.61 Å². The Morgan fingerprint density at radius 2 is 1.88 bits per heavy atom. The van der Waals surface area contributed by atoms with Crippen LogP contribution < -0.4 is 4.74 Å². The zero-order valence-electron chi connectivity index (χ0n) is 12.8. The summed E-state index contributed by atoms with van der Waals surface area (Å²) in [5.74, 6) is 1.52. The van der Waals surface area contributed by atoms with Gasteiger partial charge in [0.15, 0.2) is 5.82 Å². The Bertz CT molecular complexity index is 993. The van der Waals surface area contributed by atoms with Crippen molar-refractivity contribution in [1.82, 2.24) is 19.8 Å². The molecule has 4 aromatic rings. The lowest BCUT2D eigenvalue weighted by Crippen LogP contribution is -1.94. The Labute approximate surface area is 147 Å². The summed E-state index contributed by atoms with van der Waals surface area (Å²) in [6.45, 7) is 0. The molecular weight excluding hydrogens is 344 g/mol. The number of nitrogens with zero attached hydrogens (tertiary/aromatic N) is 4. The molecule has 2 aromatic heterocycles. The van der Waals surface area contributed by atoms with Crippen LogP contribution >= 0.6 is 22.9 Å². The summed E-state index contributed by atoms with van der Waals surface area (Å²) >= 11 is 7.75. The van der Waals surface area contributed by atoms with E-state index in [2.05, 4.69) is 15.3 Å². The maximum Gasteiger partial charge on any atom is 0.234 e. The van der Waals surface area contributed by atoms with Crippen LogP contribution in [-0.4, -0.2) is 26.9 Å². The van der Waals surface area contributed by atoms with Crippen molar-refractivity contribution in [3.63, 3.8) is 0 Å². The molecule has 0 unspecified atom stereocenters. The summed E-state index contributed by atoms with van der Waals surface area (Å²) in [6, 6.07) is 15.5. The van der Waals surface area contributed by atoms with Crippen LogP contribution in [0, 0.1) is 0 Å². The Hall–Kier alpha value is -2.44. The van der Waals surface area contributed by atoms with Gasteiger partial charge in [-0.15, -0.1) is 10.2 Å². The smallest absolute Gasteiger partial charge is 0.234 e. The van der Waals surface area contributed by atoms with Crippen LogP contribution in [-0.2, 0) is 6.42 Å². The van der Waals surface area contributed by atoms with Crippen molar-refractivity contribution in [2.75, 3.05) is 7.11 Å². The normalized spacial score (nSPS) is 11.1. The molecule has 0 N–H and O–H groups in total. The number of rotatable bonds is 4. The van der Waals surface area contributed by atoms with Gasteiger partial charge in [-0.3, -0.25) is 0 Å². The van der Waals surface area contributed by atoms with E-state index in [1.165, 1.54) is 11.3 Å². The molecule has 0 spiro atoms. The lowest BCUT2D eigenvalue weighted by atomic mass is 10.2. The van der Waals surface area contributed by atoms with Gasteiger partial charge < -0.3 is 4.74 Å². The van der Waals surface area contributed by atoms with Crippen LogP contribution in [0.4, 0.5) is 0 Å². The van der Waals surface area contributed by atoms with E-state index in [9.17, 15) is 0 Å². The van der Waals surface area contributed by atoms with Crippen molar-refractivity contribution in [1.29, 1.82) is 0 Å². The highest BCUT2D eigenvalue weighted by atomic mass is 35.5. The first kappa shape index (κ1) is 15.1. The van der Waals surface area contributed by atoms with Crippen molar-refractivity contribution in [2.24, 2.45) is 0 Å². The first-order valence-corrected chi connectivity index (χ1v) is 8.53. The molecule has 0 bridgehead atoms. The minimum Gasteiger partial charge on any atom is -0.497 e. The van der Waals surface area contributed by atoms with Crippen LogP contribution in [0.25, 0.3) is 16.3 Å². The van der Waals surface area contributed by atoms with Crippen LogP contribution in [0.15, 0.2) is 48.5 Å². The van der Waals surface area contributed by atoms with Crippen molar-refractivity contribution in [2.45, 2.75) is 6.42 Å². The largest absolute Gasteiger partial charge is 0.497 e. The number of hydrogen-bond donors (Lipinski definition) is 0. The van der Waals surface area contributed by atoms with Crippen molar-refractivity contribution in [3.8, 4) is 17.1 Å². The van der Waals surface area contributed by atoms with Gasteiger partial charge >= 0.3 is 0 Å². The molecule has 0 aliphatic heterocycles. The van der Waals surface area contributed by atoms with E-state index in [1.807, 2.05) is 48.5 Å². The topological polar surface area (TPSA) is 52.3 Å². The molecule has 0 aliphatic rings. The Kier molecular flexibility index (Phi) is 3.92. The summed E-state index contributed by atoms with van der Waals surface area (Å²) in [7, 11) is 1.64. The lowest BCUT2D eigenvalue weighted by molar-refractivity contribution is 0.415. The predicted molar refractivity (Wildman–Crippen MR) is 94.9 cm³/mol. The Morgan fingerprint density at radius 1 is 1.08 bits per heavy atom. The van der Waals surface area contributed by atoms with Gasteiger partial charge in [0.2, 0.25) is 4.96 Å². The van der Waals surface area contributed by atoms with Gasteiger partial charge in [0, 0.05) is 17.0 Å². The molecule has 0 amide bonds. The third-order valence-electron chi connectivity index (χ3n) is 3.68. The van der Waals surface area contributed by atoms with Crippen molar-refractivity contribution >= 4 is 27.9 Å². The molecule has 7 heteroatoms. The molecule has 0 fully saturated rings. The van der Waals surface area contributed by atoms with Gasteiger partial charge in [0.1, 0.15) is 10.8 Å². The molecule has 0 atom stereocenters. The number of aromatic nitrogens is 4. The average molecular weight is 357 g/mol. The van der Waals surface area contributed by atoms with Gasteiger partial charge in [-0.25, -0.2) is 0 Å². The summed E-state index contributed by atoms with van der Waals surface area (Å²) in [5.41, 5.74) is 1.99. The highest BCUT2D eigenvalue weighted by Gasteiger charge is 2.14. The second-order valence-corrected chi connectivity index (χ2v) is 6.66. The Balaban J connectivity index is 1.69. The fourth-order valence-corrected chi connectivity index (χ4v) is 3.51. The zero-order chi connectivity index (χ0) is 16.5.